The van der Waals surface area contributed by atoms with Crippen LogP contribution in [0.25, 0.3) is 11.4 Å². The Bertz CT molecular complexity index is 970. The van der Waals surface area contributed by atoms with E-state index >= 15 is 0 Å². The Kier molecular flexibility index (Phi) is 6.65. The number of aromatic nitrogens is 3. The fourth-order valence-electron chi connectivity index (χ4n) is 2.45. The molecule has 3 rings (SSSR count). The van der Waals surface area contributed by atoms with Gasteiger partial charge in [-0.25, -0.2) is 4.98 Å². The predicted molar refractivity (Wildman–Crippen MR) is 108 cm³/mol. The third kappa shape index (κ3) is 5.64. The van der Waals surface area contributed by atoms with E-state index in [1.165, 1.54) is 6.07 Å². The van der Waals surface area contributed by atoms with E-state index in [1.807, 2.05) is 6.07 Å². The molecule has 3 aromatic rings. The summed E-state index contributed by atoms with van der Waals surface area (Å²) in [4.78, 5) is 13.0. The van der Waals surface area contributed by atoms with E-state index in [0.717, 1.165) is 12.1 Å². The van der Waals surface area contributed by atoms with Gasteiger partial charge in [-0.15, -0.1) is 0 Å². The maximum Gasteiger partial charge on any atom is 0.416 e. The molecule has 0 amide bonds. The molecule has 6 nitrogen and oxygen atoms in total. The molecule has 0 aliphatic rings. The molecular formula is C19H17BrF3N5O. The third-order valence-electron chi connectivity index (χ3n) is 3.83. The number of halogens is 4. The third-order valence-corrected chi connectivity index (χ3v) is 4.49. The van der Waals surface area contributed by atoms with Gasteiger partial charge in [0, 0.05) is 29.9 Å². The largest absolute Gasteiger partial charge is 0.416 e. The number of nitrogens with one attached hydrogen (secondary N) is 2. The molecular weight excluding hydrogens is 451 g/mol. The van der Waals surface area contributed by atoms with Gasteiger partial charge in [-0.3, -0.25) is 4.98 Å². The first-order chi connectivity index (χ1) is 13.9. The first-order valence-corrected chi connectivity index (χ1v) is 9.45. The Morgan fingerprint density at radius 2 is 1.86 bits per heavy atom. The van der Waals surface area contributed by atoms with Gasteiger partial charge in [0.1, 0.15) is 5.82 Å². The molecule has 0 saturated heterocycles. The summed E-state index contributed by atoms with van der Waals surface area (Å²) in [6, 6.07) is 10.4. The summed E-state index contributed by atoms with van der Waals surface area (Å²) >= 11 is 3.17. The second-order valence-corrected chi connectivity index (χ2v) is 6.85. The van der Waals surface area contributed by atoms with Crippen LogP contribution in [0.5, 0.6) is 0 Å². The highest BCUT2D eigenvalue weighted by atomic mass is 79.9. The van der Waals surface area contributed by atoms with Gasteiger partial charge in [-0.1, -0.05) is 6.07 Å². The van der Waals surface area contributed by atoms with Gasteiger partial charge in [-0.05, 0) is 52.7 Å². The van der Waals surface area contributed by atoms with Crippen LogP contribution in [-0.4, -0.2) is 33.2 Å². The van der Waals surface area contributed by atoms with Crippen LogP contribution in [0.2, 0.25) is 0 Å². The first kappa shape index (κ1) is 21.0. The number of alkyl halides is 3. The SMILES string of the molecule is OCCCNc1nc(Nc2ccc(C(F)(F)F)cc2Br)cc(-c2ccccn2)n1. The average molecular weight is 468 g/mol. The predicted octanol–water partition coefficient (Wildman–Crippen LogP) is 4.86. The molecule has 10 heteroatoms. The van der Waals surface area contributed by atoms with Crippen LogP contribution >= 0.6 is 15.9 Å². The van der Waals surface area contributed by atoms with Gasteiger partial charge < -0.3 is 15.7 Å². The number of hydrogen-bond donors (Lipinski definition) is 3. The molecule has 0 radical (unpaired) electrons. The average Bonchev–Trinajstić information content (AvgIpc) is 2.69. The smallest absolute Gasteiger partial charge is 0.396 e. The van der Waals surface area contributed by atoms with Crippen LogP contribution in [0.15, 0.2) is 53.1 Å². The lowest BCUT2D eigenvalue weighted by atomic mass is 10.2. The Hall–Kier alpha value is -2.72. The minimum Gasteiger partial charge on any atom is -0.396 e. The Balaban J connectivity index is 1.92. The highest BCUT2D eigenvalue weighted by molar-refractivity contribution is 9.10. The quantitative estimate of drug-likeness (QED) is 0.430. The topological polar surface area (TPSA) is 83.0 Å². The summed E-state index contributed by atoms with van der Waals surface area (Å²) in [7, 11) is 0. The molecule has 0 unspecified atom stereocenters. The van der Waals surface area contributed by atoms with E-state index in [4.69, 9.17) is 5.11 Å². The lowest BCUT2D eigenvalue weighted by Crippen LogP contribution is -2.09. The van der Waals surface area contributed by atoms with Crippen molar-refractivity contribution in [2.24, 2.45) is 0 Å². The van der Waals surface area contributed by atoms with E-state index in [9.17, 15) is 13.2 Å². The molecule has 0 aliphatic heterocycles. The maximum atomic E-state index is 12.9. The molecule has 1 aromatic carbocycles. The number of pyridine rings is 1. The summed E-state index contributed by atoms with van der Waals surface area (Å²) in [5.41, 5.74) is 0.829. The molecule has 2 aromatic heterocycles. The number of benzene rings is 1. The first-order valence-electron chi connectivity index (χ1n) is 8.66. The van der Waals surface area contributed by atoms with Gasteiger partial charge in [-0.2, -0.15) is 18.2 Å². The van der Waals surface area contributed by atoms with E-state index in [1.54, 1.807) is 24.4 Å². The van der Waals surface area contributed by atoms with Crippen molar-refractivity contribution < 1.29 is 18.3 Å². The lowest BCUT2D eigenvalue weighted by molar-refractivity contribution is -0.137. The molecule has 0 saturated carbocycles. The zero-order chi connectivity index (χ0) is 20.9. The van der Waals surface area contributed by atoms with Crippen molar-refractivity contribution >= 4 is 33.4 Å². The molecule has 0 aliphatic carbocycles. The summed E-state index contributed by atoms with van der Waals surface area (Å²) in [6.45, 7) is 0.488. The van der Waals surface area contributed by atoms with E-state index in [-0.39, 0.29) is 11.1 Å². The number of hydrogen-bond acceptors (Lipinski definition) is 6. The van der Waals surface area contributed by atoms with Crippen molar-refractivity contribution in [3.63, 3.8) is 0 Å². The molecule has 0 spiro atoms. The number of nitrogens with zero attached hydrogens (tertiary/aromatic N) is 3. The lowest BCUT2D eigenvalue weighted by Gasteiger charge is -2.13. The highest BCUT2D eigenvalue weighted by Gasteiger charge is 2.30. The van der Waals surface area contributed by atoms with Crippen molar-refractivity contribution in [3.05, 3.63) is 58.7 Å². The number of aliphatic hydroxyl groups excluding tert-OH is 1. The minimum atomic E-state index is -4.42. The van der Waals surface area contributed by atoms with Gasteiger partial charge in [0.2, 0.25) is 5.95 Å². The fraction of sp³-hybridized carbons (Fsp3) is 0.211. The van der Waals surface area contributed by atoms with Crippen LogP contribution in [0.3, 0.4) is 0 Å². The van der Waals surface area contributed by atoms with Crippen LogP contribution in [0.4, 0.5) is 30.6 Å². The van der Waals surface area contributed by atoms with E-state index in [0.29, 0.717) is 41.8 Å². The van der Waals surface area contributed by atoms with E-state index in [2.05, 4.69) is 41.5 Å². The van der Waals surface area contributed by atoms with E-state index < -0.39 is 11.7 Å². The van der Waals surface area contributed by atoms with Crippen molar-refractivity contribution in [2.45, 2.75) is 12.6 Å². The Labute approximate surface area is 173 Å². The molecule has 29 heavy (non-hydrogen) atoms. The molecule has 3 N–H and O–H groups in total. The van der Waals surface area contributed by atoms with Crippen LogP contribution in [0.1, 0.15) is 12.0 Å². The number of aliphatic hydroxyl groups is 1. The zero-order valence-corrected chi connectivity index (χ0v) is 16.6. The number of anilines is 3. The Morgan fingerprint density at radius 3 is 2.52 bits per heavy atom. The van der Waals surface area contributed by atoms with Crippen LogP contribution in [0, 0.1) is 0 Å². The zero-order valence-electron chi connectivity index (χ0n) is 15.0. The maximum absolute atomic E-state index is 12.9. The highest BCUT2D eigenvalue weighted by Crippen LogP contribution is 2.35. The monoisotopic (exact) mass is 467 g/mol. The minimum absolute atomic E-state index is 0.0243. The van der Waals surface area contributed by atoms with Gasteiger partial charge in [0.15, 0.2) is 0 Å². The molecule has 0 bridgehead atoms. The summed E-state index contributed by atoms with van der Waals surface area (Å²) in [5, 5.41) is 15.0. The van der Waals surface area contributed by atoms with Gasteiger partial charge in [0.05, 0.1) is 22.6 Å². The second kappa shape index (κ2) is 9.19. The molecule has 0 fully saturated rings. The standard InChI is InChI=1S/C19H17BrF3N5O/c20-13-10-12(19(21,22)23)5-6-14(13)26-17-11-16(15-4-1-2-7-24-15)27-18(28-17)25-8-3-9-29/h1-2,4-7,10-11,29H,3,8-9H2,(H2,25,26,27,28). The summed E-state index contributed by atoms with van der Waals surface area (Å²) in [6.07, 6.45) is -2.27. The van der Waals surface area contributed by atoms with Gasteiger partial charge >= 0.3 is 6.18 Å². The van der Waals surface area contributed by atoms with Crippen molar-refractivity contribution in [2.75, 3.05) is 23.8 Å². The fourth-order valence-corrected chi connectivity index (χ4v) is 2.92. The van der Waals surface area contributed by atoms with Crippen molar-refractivity contribution in [1.82, 2.24) is 15.0 Å². The van der Waals surface area contributed by atoms with Crippen LogP contribution < -0.4 is 10.6 Å². The second-order valence-electron chi connectivity index (χ2n) is 6.00. The molecule has 2 heterocycles. The Morgan fingerprint density at radius 1 is 1.03 bits per heavy atom. The van der Waals surface area contributed by atoms with Crippen LogP contribution in [-0.2, 0) is 6.18 Å². The molecule has 152 valence electrons. The van der Waals surface area contributed by atoms with Gasteiger partial charge in [0.25, 0.3) is 0 Å². The molecule has 0 atom stereocenters. The van der Waals surface area contributed by atoms with Crippen molar-refractivity contribution in [1.29, 1.82) is 0 Å². The summed E-state index contributed by atoms with van der Waals surface area (Å²) in [5.74, 6) is 0.694. The van der Waals surface area contributed by atoms with Crippen molar-refractivity contribution in [3.8, 4) is 11.4 Å². The normalized spacial score (nSPS) is 11.3. The summed E-state index contributed by atoms with van der Waals surface area (Å²) < 4.78 is 38.9. The number of rotatable bonds is 7.